The van der Waals surface area contributed by atoms with Crippen LogP contribution in [0, 0.1) is 0 Å². The number of hydrogen-bond acceptors (Lipinski definition) is 7. The summed E-state index contributed by atoms with van der Waals surface area (Å²) in [6.07, 6.45) is 1.55. The molecule has 0 saturated carbocycles. The zero-order valence-electron chi connectivity index (χ0n) is 15.5. The molecule has 9 heteroatoms. The summed E-state index contributed by atoms with van der Waals surface area (Å²) < 4.78 is 17.4. The summed E-state index contributed by atoms with van der Waals surface area (Å²) in [6.45, 7) is 0. The fraction of sp³-hybridized carbons (Fsp3) is 0.100. The summed E-state index contributed by atoms with van der Waals surface area (Å²) in [6, 6.07) is 13.6. The molecule has 0 aliphatic rings. The zero-order valence-corrected chi connectivity index (χ0v) is 16.3. The molecular formula is C20H15ClN4O4. The minimum Gasteiger partial charge on any atom is -0.497 e. The van der Waals surface area contributed by atoms with Gasteiger partial charge in [-0.2, -0.15) is 10.1 Å². The van der Waals surface area contributed by atoms with Crippen molar-refractivity contribution in [2.45, 2.75) is 0 Å². The zero-order chi connectivity index (χ0) is 20.4. The number of ether oxygens (including phenoxy) is 2. The van der Waals surface area contributed by atoms with Crippen LogP contribution in [0.15, 0.2) is 64.0 Å². The van der Waals surface area contributed by atoms with E-state index in [4.69, 9.17) is 25.6 Å². The SMILES string of the molecule is COc1cc(OC)cc(-c2noc(-c3nn(-c4ccc(Cl)cc4)ccc3=O)n2)c1. The van der Waals surface area contributed by atoms with E-state index in [0.717, 1.165) is 5.69 Å². The molecular weight excluding hydrogens is 396 g/mol. The van der Waals surface area contributed by atoms with Crippen LogP contribution in [0.3, 0.4) is 0 Å². The maximum absolute atomic E-state index is 12.3. The molecule has 2 heterocycles. The van der Waals surface area contributed by atoms with Crippen molar-refractivity contribution < 1.29 is 14.0 Å². The summed E-state index contributed by atoms with van der Waals surface area (Å²) in [5.41, 5.74) is 1.04. The van der Waals surface area contributed by atoms with Gasteiger partial charge in [-0.15, -0.1) is 0 Å². The van der Waals surface area contributed by atoms with Crippen LogP contribution >= 0.6 is 11.6 Å². The number of rotatable bonds is 5. The highest BCUT2D eigenvalue weighted by Crippen LogP contribution is 2.29. The fourth-order valence-corrected chi connectivity index (χ4v) is 2.79. The summed E-state index contributed by atoms with van der Waals surface area (Å²) in [5.74, 6) is 1.44. The van der Waals surface area contributed by atoms with E-state index >= 15 is 0 Å². The molecule has 146 valence electrons. The van der Waals surface area contributed by atoms with E-state index in [-0.39, 0.29) is 22.8 Å². The van der Waals surface area contributed by atoms with Gasteiger partial charge in [0.1, 0.15) is 11.5 Å². The molecule has 0 aliphatic carbocycles. The maximum Gasteiger partial charge on any atom is 0.282 e. The van der Waals surface area contributed by atoms with Gasteiger partial charge >= 0.3 is 0 Å². The van der Waals surface area contributed by atoms with Gasteiger partial charge in [-0.1, -0.05) is 16.8 Å². The van der Waals surface area contributed by atoms with Crippen LogP contribution in [0.2, 0.25) is 5.02 Å². The second-order valence-electron chi connectivity index (χ2n) is 5.97. The fourth-order valence-electron chi connectivity index (χ4n) is 2.67. The minimum absolute atomic E-state index is 0.00935. The van der Waals surface area contributed by atoms with Gasteiger partial charge < -0.3 is 14.0 Å². The third-order valence-corrected chi connectivity index (χ3v) is 4.39. The molecule has 0 N–H and O–H groups in total. The Morgan fingerprint density at radius 2 is 1.69 bits per heavy atom. The van der Waals surface area contributed by atoms with E-state index < -0.39 is 0 Å². The standard InChI is InChI=1S/C20H15ClN4O4/c1-27-15-9-12(10-16(11-15)28-2)19-22-20(29-24-19)18-17(26)7-8-25(23-18)14-5-3-13(21)4-6-14/h3-11H,1-2H3. The van der Waals surface area contributed by atoms with Crippen molar-refractivity contribution in [3.05, 3.63) is 70.0 Å². The van der Waals surface area contributed by atoms with Crippen molar-refractivity contribution in [1.82, 2.24) is 19.9 Å². The van der Waals surface area contributed by atoms with Gasteiger partial charge in [0.15, 0.2) is 5.69 Å². The van der Waals surface area contributed by atoms with Crippen molar-refractivity contribution in [2.75, 3.05) is 14.2 Å². The van der Waals surface area contributed by atoms with E-state index in [9.17, 15) is 4.79 Å². The summed E-state index contributed by atoms with van der Waals surface area (Å²) in [4.78, 5) is 16.7. The van der Waals surface area contributed by atoms with Crippen molar-refractivity contribution in [3.63, 3.8) is 0 Å². The predicted molar refractivity (Wildman–Crippen MR) is 107 cm³/mol. The third-order valence-electron chi connectivity index (χ3n) is 4.14. The highest BCUT2D eigenvalue weighted by Gasteiger charge is 2.17. The Morgan fingerprint density at radius 3 is 2.34 bits per heavy atom. The number of halogens is 1. The lowest BCUT2D eigenvalue weighted by Gasteiger charge is -2.06. The normalized spacial score (nSPS) is 10.7. The molecule has 0 spiro atoms. The first-order valence-electron chi connectivity index (χ1n) is 8.51. The molecule has 4 rings (SSSR count). The van der Waals surface area contributed by atoms with Gasteiger partial charge in [0.2, 0.25) is 11.3 Å². The lowest BCUT2D eigenvalue weighted by molar-refractivity contribution is 0.394. The number of benzene rings is 2. The second-order valence-corrected chi connectivity index (χ2v) is 6.41. The first kappa shape index (κ1) is 18.7. The number of nitrogens with zero attached hydrogens (tertiary/aromatic N) is 4. The minimum atomic E-state index is -0.339. The Labute approximate surface area is 170 Å². The molecule has 0 fully saturated rings. The molecule has 8 nitrogen and oxygen atoms in total. The molecule has 2 aromatic carbocycles. The maximum atomic E-state index is 12.3. The molecule has 0 bridgehead atoms. The highest BCUT2D eigenvalue weighted by atomic mass is 35.5. The molecule has 0 unspecified atom stereocenters. The molecule has 0 saturated heterocycles. The summed E-state index contributed by atoms with van der Waals surface area (Å²) in [7, 11) is 3.10. The first-order valence-corrected chi connectivity index (χ1v) is 8.88. The van der Waals surface area contributed by atoms with Crippen LogP contribution in [0.5, 0.6) is 11.5 Å². The van der Waals surface area contributed by atoms with Gasteiger partial charge in [-0.05, 0) is 36.4 Å². The van der Waals surface area contributed by atoms with Gasteiger partial charge in [-0.3, -0.25) is 4.79 Å². The lowest BCUT2D eigenvalue weighted by Crippen LogP contribution is -2.12. The largest absolute Gasteiger partial charge is 0.497 e. The van der Waals surface area contributed by atoms with Gasteiger partial charge in [0.05, 0.1) is 19.9 Å². The van der Waals surface area contributed by atoms with E-state index in [1.807, 2.05) is 0 Å². The Bertz CT molecular complexity index is 1200. The molecule has 0 radical (unpaired) electrons. The highest BCUT2D eigenvalue weighted by molar-refractivity contribution is 6.30. The summed E-state index contributed by atoms with van der Waals surface area (Å²) in [5, 5.41) is 8.90. The van der Waals surface area contributed by atoms with Crippen molar-refractivity contribution in [2.24, 2.45) is 0 Å². The van der Waals surface area contributed by atoms with Crippen LogP contribution in [0.1, 0.15) is 0 Å². The van der Waals surface area contributed by atoms with E-state index in [2.05, 4.69) is 15.2 Å². The smallest absolute Gasteiger partial charge is 0.282 e. The van der Waals surface area contributed by atoms with Crippen LogP contribution in [-0.2, 0) is 0 Å². The molecule has 2 aromatic heterocycles. The van der Waals surface area contributed by atoms with E-state index in [0.29, 0.717) is 22.1 Å². The van der Waals surface area contributed by atoms with Crippen LogP contribution in [0.4, 0.5) is 0 Å². The van der Waals surface area contributed by atoms with Crippen LogP contribution in [-0.4, -0.2) is 34.1 Å². The van der Waals surface area contributed by atoms with Crippen molar-refractivity contribution in [1.29, 1.82) is 0 Å². The predicted octanol–water partition coefficient (Wildman–Crippen LogP) is 3.62. The second kappa shape index (κ2) is 7.76. The van der Waals surface area contributed by atoms with Crippen LogP contribution < -0.4 is 14.9 Å². The molecule has 0 aliphatic heterocycles. The monoisotopic (exact) mass is 410 g/mol. The van der Waals surface area contributed by atoms with Crippen molar-refractivity contribution >= 4 is 11.6 Å². The van der Waals surface area contributed by atoms with Gasteiger partial charge in [0.25, 0.3) is 5.89 Å². The first-order chi connectivity index (χ1) is 14.1. The van der Waals surface area contributed by atoms with Crippen LogP contribution in [0.25, 0.3) is 28.7 Å². The van der Waals surface area contributed by atoms with Gasteiger partial charge in [-0.25, -0.2) is 4.68 Å². The Morgan fingerprint density at radius 1 is 1.00 bits per heavy atom. The Kier molecular flexibility index (Phi) is 5.01. The molecule has 4 aromatic rings. The quantitative estimate of drug-likeness (QED) is 0.496. The molecule has 0 atom stereocenters. The average molecular weight is 411 g/mol. The number of hydrogen-bond donors (Lipinski definition) is 0. The molecule has 0 amide bonds. The number of methoxy groups -OCH3 is 2. The van der Waals surface area contributed by atoms with Crippen molar-refractivity contribution in [3.8, 4) is 40.2 Å². The Balaban J connectivity index is 1.74. The van der Waals surface area contributed by atoms with Gasteiger partial charge in [0, 0.05) is 28.9 Å². The number of aromatic nitrogens is 4. The molecule has 29 heavy (non-hydrogen) atoms. The lowest BCUT2D eigenvalue weighted by atomic mass is 10.2. The average Bonchev–Trinajstić information content (AvgIpc) is 3.24. The van der Waals surface area contributed by atoms with E-state index in [1.165, 1.54) is 10.7 Å². The summed E-state index contributed by atoms with van der Waals surface area (Å²) >= 11 is 5.92. The third kappa shape index (κ3) is 3.83. The topological polar surface area (TPSA) is 92.3 Å². The van der Waals surface area contributed by atoms with E-state index in [1.54, 1.807) is 62.9 Å². The Hall–Kier alpha value is -3.65.